The number of imide groups is 1. The number of hydrogen-bond donors (Lipinski definition) is 0. The van der Waals surface area contributed by atoms with Crippen molar-refractivity contribution in [2.24, 2.45) is 11.8 Å². The number of pyridine rings is 1. The highest BCUT2D eigenvalue weighted by molar-refractivity contribution is 6.30. The molecule has 1 aromatic rings. The van der Waals surface area contributed by atoms with Crippen LogP contribution < -0.4 is 0 Å². The molecule has 0 aromatic carbocycles. The molecular weight excluding hydrogens is 252 g/mol. The minimum absolute atomic E-state index is 0.0394. The van der Waals surface area contributed by atoms with Crippen LogP contribution in [0.4, 0.5) is 0 Å². The molecule has 3 rings (SSSR count). The van der Waals surface area contributed by atoms with E-state index in [0.29, 0.717) is 5.15 Å². The molecule has 1 saturated carbocycles. The maximum absolute atomic E-state index is 12.2. The summed E-state index contributed by atoms with van der Waals surface area (Å²) < 4.78 is 0. The minimum Gasteiger partial charge on any atom is -0.277 e. The van der Waals surface area contributed by atoms with E-state index in [1.54, 1.807) is 18.3 Å². The first-order chi connectivity index (χ1) is 8.68. The molecule has 18 heavy (non-hydrogen) atoms. The van der Waals surface area contributed by atoms with Crippen LogP contribution in [0.15, 0.2) is 18.3 Å². The number of likely N-dealkylation sites (tertiary alicyclic amines) is 1. The summed E-state index contributed by atoms with van der Waals surface area (Å²) in [5, 5.41) is 0.357. The Balaban J connectivity index is 1.84. The van der Waals surface area contributed by atoms with Gasteiger partial charge in [0.05, 0.1) is 18.4 Å². The maximum Gasteiger partial charge on any atom is 0.233 e. The molecule has 2 unspecified atom stereocenters. The molecule has 2 amide bonds. The molecule has 0 spiro atoms. The Morgan fingerprint density at radius 1 is 1.28 bits per heavy atom. The van der Waals surface area contributed by atoms with Gasteiger partial charge in [-0.1, -0.05) is 24.1 Å². The van der Waals surface area contributed by atoms with Gasteiger partial charge in [-0.2, -0.15) is 0 Å². The monoisotopic (exact) mass is 264 g/mol. The van der Waals surface area contributed by atoms with Crippen molar-refractivity contribution < 1.29 is 9.59 Å². The predicted octanol–water partition coefficient (Wildman–Crippen LogP) is 2.02. The van der Waals surface area contributed by atoms with Gasteiger partial charge >= 0.3 is 0 Å². The number of carbonyl (C=O) groups excluding carboxylic acids is 2. The smallest absolute Gasteiger partial charge is 0.233 e. The van der Waals surface area contributed by atoms with E-state index < -0.39 is 0 Å². The second-order valence-electron chi connectivity index (χ2n) is 4.86. The summed E-state index contributed by atoms with van der Waals surface area (Å²) in [6, 6.07) is 3.55. The second kappa shape index (κ2) is 4.35. The van der Waals surface area contributed by atoms with E-state index in [1.165, 1.54) is 4.90 Å². The highest BCUT2D eigenvalue weighted by Crippen LogP contribution is 2.40. The molecule has 0 bridgehead atoms. The lowest BCUT2D eigenvalue weighted by atomic mass is 10.00. The van der Waals surface area contributed by atoms with Crippen LogP contribution in [-0.2, 0) is 16.1 Å². The van der Waals surface area contributed by atoms with Gasteiger partial charge in [-0.3, -0.25) is 14.5 Å². The SMILES string of the molecule is O=C1C2CCCC2C(=O)N1Cc1cccnc1Cl. The van der Waals surface area contributed by atoms with Gasteiger partial charge in [-0.05, 0) is 18.9 Å². The number of carbonyl (C=O) groups is 2. The molecule has 1 saturated heterocycles. The van der Waals surface area contributed by atoms with Crippen molar-refractivity contribution in [3.63, 3.8) is 0 Å². The van der Waals surface area contributed by atoms with E-state index in [-0.39, 0.29) is 30.2 Å². The third kappa shape index (κ3) is 1.72. The lowest BCUT2D eigenvalue weighted by Gasteiger charge is -2.16. The summed E-state index contributed by atoms with van der Waals surface area (Å²) >= 11 is 5.96. The Bertz CT molecular complexity index is 495. The fourth-order valence-corrected chi connectivity index (χ4v) is 3.10. The predicted molar refractivity (Wildman–Crippen MR) is 65.6 cm³/mol. The molecule has 5 heteroatoms. The number of fused-ring (bicyclic) bond motifs is 1. The molecule has 2 atom stereocenters. The van der Waals surface area contributed by atoms with Crippen LogP contribution >= 0.6 is 11.6 Å². The molecule has 1 aliphatic heterocycles. The first-order valence-corrected chi connectivity index (χ1v) is 6.51. The molecule has 0 N–H and O–H groups in total. The minimum atomic E-state index is -0.0899. The van der Waals surface area contributed by atoms with Gasteiger partial charge < -0.3 is 0 Å². The van der Waals surface area contributed by atoms with E-state index in [2.05, 4.69) is 4.98 Å². The van der Waals surface area contributed by atoms with Gasteiger partial charge in [0.15, 0.2) is 0 Å². The number of nitrogens with zero attached hydrogens (tertiary/aromatic N) is 2. The van der Waals surface area contributed by atoms with Crippen molar-refractivity contribution in [2.75, 3.05) is 0 Å². The third-order valence-corrected chi connectivity index (χ3v) is 4.19. The molecule has 0 radical (unpaired) electrons. The van der Waals surface area contributed by atoms with Gasteiger partial charge in [0.25, 0.3) is 0 Å². The summed E-state index contributed by atoms with van der Waals surface area (Å²) in [4.78, 5) is 29.6. The fourth-order valence-electron chi connectivity index (χ4n) is 2.92. The van der Waals surface area contributed by atoms with Crippen molar-refractivity contribution >= 4 is 23.4 Å². The van der Waals surface area contributed by atoms with E-state index in [9.17, 15) is 9.59 Å². The summed E-state index contributed by atoms with van der Waals surface area (Å²) in [5.74, 6) is -0.259. The quantitative estimate of drug-likeness (QED) is 0.607. The Morgan fingerprint density at radius 2 is 1.94 bits per heavy atom. The van der Waals surface area contributed by atoms with Gasteiger partial charge in [0, 0.05) is 11.8 Å². The number of hydrogen-bond acceptors (Lipinski definition) is 3. The van der Waals surface area contributed by atoms with Crippen LogP contribution in [-0.4, -0.2) is 21.7 Å². The van der Waals surface area contributed by atoms with E-state index in [1.807, 2.05) is 0 Å². The Kier molecular flexibility index (Phi) is 2.82. The molecule has 2 heterocycles. The van der Waals surface area contributed by atoms with Crippen molar-refractivity contribution in [3.05, 3.63) is 29.0 Å². The summed E-state index contributed by atoms with van der Waals surface area (Å²) in [6.07, 6.45) is 4.25. The number of rotatable bonds is 2. The Morgan fingerprint density at radius 3 is 2.56 bits per heavy atom. The highest BCUT2D eigenvalue weighted by atomic mass is 35.5. The van der Waals surface area contributed by atoms with Crippen molar-refractivity contribution in [1.29, 1.82) is 0 Å². The van der Waals surface area contributed by atoms with Crippen LogP contribution in [0.3, 0.4) is 0 Å². The Labute approximate surface area is 110 Å². The Hall–Kier alpha value is -1.42. The molecule has 1 aromatic heterocycles. The van der Waals surface area contributed by atoms with E-state index in [0.717, 1.165) is 24.8 Å². The average Bonchev–Trinajstić information content (AvgIpc) is 2.92. The van der Waals surface area contributed by atoms with Crippen molar-refractivity contribution in [2.45, 2.75) is 25.8 Å². The van der Waals surface area contributed by atoms with Gasteiger partial charge in [-0.15, -0.1) is 0 Å². The largest absolute Gasteiger partial charge is 0.277 e. The highest BCUT2D eigenvalue weighted by Gasteiger charge is 2.49. The number of amides is 2. The standard InChI is InChI=1S/C13H13ClN2O2/c14-11-8(3-2-6-15-11)7-16-12(17)9-4-1-5-10(9)13(16)18/h2-3,6,9-10H,1,4-5,7H2. The molecule has 1 aliphatic carbocycles. The second-order valence-corrected chi connectivity index (χ2v) is 5.22. The zero-order valence-corrected chi connectivity index (χ0v) is 10.6. The van der Waals surface area contributed by atoms with Gasteiger partial charge in [0.1, 0.15) is 5.15 Å². The van der Waals surface area contributed by atoms with Crippen LogP contribution in [0.2, 0.25) is 5.15 Å². The lowest BCUT2D eigenvalue weighted by Crippen LogP contribution is -2.31. The van der Waals surface area contributed by atoms with Gasteiger partial charge in [0.2, 0.25) is 11.8 Å². The zero-order valence-electron chi connectivity index (χ0n) is 9.80. The molecule has 2 fully saturated rings. The van der Waals surface area contributed by atoms with Crippen LogP contribution in [0.1, 0.15) is 24.8 Å². The van der Waals surface area contributed by atoms with Crippen LogP contribution in [0.5, 0.6) is 0 Å². The first-order valence-electron chi connectivity index (χ1n) is 6.13. The van der Waals surface area contributed by atoms with E-state index in [4.69, 9.17) is 11.6 Å². The summed E-state index contributed by atoms with van der Waals surface area (Å²) in [5.41, 5.74) is 0.723. The normalized spacial score (nSPS) is 26.8. The summed E-state index contributed by atoms with van der Waals surface area (Å²) in [7, 11) is 0. The van der Waals surface area contributed by atoms with Crippen LogP contribution in [0.25, 0.3) is 0 Å². The van der Waals surface area contributed by atoms with Crippen molar-refractivity contribution in [3.8, 4) is 0 Å². The van der Waals surface area contributed by atoms with E-state index >= 15 is 0 Å². The molecular formula is C13H13ClN2O2. The number of halogens is 1. The topological polar surface area (TPSA) is 50.3 Å². The maximum atomic E-state index is 12.2. The third-order valence-electron chi connectivity index (χ3n) is 3.85. The van der Waals surface area contributed by atoms with Gasteiger partial charge in [-0.25, -0.2) is 4.98 Å². The lowest BCUT2D eigenvalue weighted by molar-refractivity contribution is -0.141. The first kappa shape index (κ1) is 11.7. The van der Waals surface area contributed by atoms with Crippen molar-refractivity contribution in [1.82, 2.24) is 9.88 Å². The zero-order chi connectivity index (χ0) is 12.7. The fraction of sp³-hybridized carbons (Fsp3) is 0.462. The molecule has 4 nitrogen and oxygen atoms in total. The van der Waals surface area contributed by atoms with Crippen LogP contribution in [0, 0.1) is 11.8 Å². The number of aromatic nitrogens is 1. The molecule has 94 valence electrons. The summed E-state index contributed by atoms with van der Waals surface area (Å²) in [6.45, 7) is 0.247. The molecule has 2 aliphatic rings. The average molecular weight is 265 g/mol.